The van der Waals surface area contributed by atoms with Crippen molar-refractivity contribution in [1.29, 1.82) is 0 Å². The van der Waals surface area contributed by atoms with Crippen LogP contribution in [0.4, 0.5) is 5.69 Å². The highest BCUT2D eigenvalue weighted by atomic mass is 32.2. The Balaban J connectivity index is 2.18. The molecule has 0 unspecified atom stereocenters. The number of aromatic nitrogens is 1. The highest BCUT2D eigenvalue weighted by Gasteiger charge is 2.20. The number of aryl methyl sites for hydroxylation is 1. The summed E-state index contributed by atoms with van der Waals surface area (Å²) in [6.45, 7) is 1.49. The first-order valence-electron chi connectivity index (χ1n) is 6.28. The number of carbonyl (C=O) groups excluding carboxylic acids is 1. The van der Waals surface area contributed by atoms with E-state index in [2.05, 4.69) is 4.98 Å². The van der Waals surface area contributed by atoms with Gasteiger partial charge in [0.15, 0.2) is 0 Å². The molecule has 1 aromatic heterocycles. The van der Waals surface area contributed by atoms with Crippen molar-refractivity contribution in [2.24, 2.45) is 0 Å². The standard InChI is InChI=1S/C13H12N4O5S/c1-9-4-5-11(7-12(9)17(19)20)23(21,22)16-15-13(18)10-3-2-6-14-8-10/h2-8,16H,1H3,(H,15,18). The van der Waals surface area contributed by atoms with Crippen molar-refractivity contribution in [2.45, 2.75) is 11.8 Å². The molecule has 0 aliphatic rings. The van der Waals surface area contributed by atoms with E-state index in [4.69, 9.17) is 0 Å². The molecule has 0 radical (unpaired) electrons. The lowest BCUT2D eigenvalue weighted by Gasteiger charge is -2.08. The lowest BCUT2D eigenvalue weighted by Crippen LogP contribution is -2.41. The second-order valence-electron chi connectivity index (χ2n) is 4.51. The van der Waals surface area contributed by atoms with Gasteiger partial charge in [-0.15, -0.1) is 4.83 Å². The van der Waals surface area contributed by atoms with Gasteiger partial charge in [-0.05, 0) is 25.1 Å². The van der Waals surface area contributed by atoms with Gasteiger partial charge < -0.3 is 0 Å². The molecule has 1 amide bonds. The number of pyridine rings is 1. The van der Waals surface area contributed by atoms with E-state index in [0.717, 1.165) is 6.07 Å². The summed E-state index contributed by atoms with van der Waals surface area (Å²) in [5, 5.41) is 10.9. The summed E-state index contributed by atoms with van der Waals surface area (Å²) in [4.78, 5) is 27.2. The minimum Gasteiger partial charge on any atom is -0.273 e. The fraction of sp³-hybridized carbons (Fsp3) is 0.0769. The van der Waals surface area contributed by atoms with Crippen LogP contribution in [0.2, 0.25) is 0 Å². The minimum atomic E-state index is -4.14. The number of nitrogens with zero attached hydrogens (tertiary/aromatic N) is 2. The molecule has 2 rings (SSSR count). The average molecular weight is 336 g/mol. The molecule has 1 aromatic carbocycles. The summed E-state index contributed by atoms with van der Waals surface area (Å²) in [7, 11) is -4.14. The van der Waals surface area contributed by atoms with Crippen LogP contribution in [0, 0.1) is 17.0 Å². The van der Waals surface area contributed by atoms with E-state index in [1.165, 1.54) is 43.6 Å². The third kappa shape index (κ3) is 3.87. The number of hydrogen-bond acceptors (Lipinski definition) is 6. The number of hydrogen-bond donors (Lipinski definition) is 2. The summed E-state index contributed by atoms with van der Waals surface area (Å²) in [5.74, 6) is -0.705. The SMILES string of the molecule is Cc1ccc(S(=O)(=O)NNC(=O)c2cccnc2)cc1[N+](=O)[O-]. The van der Waals surface area contributed by atoms with Gasteiger partial charge in [0.1, 0.15) is 0 Å². The number of rotatable bonds is 5. The first-order valence-corrected chi connectivity index (χ1v) is 7.77. The van der Waals surface area contributed by atoms with E-state index in [1.807, 2.05) is 10.3 Å². The Hall–Kier alpha value is -2.85. The highest BCUT2D eigenvalue weighted by Crippen LogP contribution is 2.21. The Kier molecular flexibility index (Phi) is 4.67. The van der Waals surface area contributed by atoms with E-state index in [0.29, 0.717) is 5.56 Å². The smallest absolute Gasteiger partial charge is 0.273 e. The van der Waals surface area contributed by atoms with Crippen LogP contribution < -0.4 is 10.3 Å². The van der Waals surface area contributed by atoms with Gasteiger partial charge in [-0.3, -0.25) is 25.3 Å². The second-order valence-corrected chi connectivity index (χ2v) is 6.19. The summed E-state index contributed by atoms with van der Waals surface area (Å²) < 4.78 is 24.2. The molecule has 0 saturated carbocycles. The van der Waals surface area contributed by atoms with Crippen molar-refractivity contribution in [3.05, 3.63) is 64.0 Å². The fourth-order valence-electron chi connectivity index (χ4n) is 1.69. The molecule has 0 atom stereocenters. The van der Waals surface area contributed by atoms with Crippen LogP contribution in [-0.4, -0.2) is 24.2 Å². The zero-order valence-corrected chi connectivity index (χ0v) is 12.7. The first kappa shape index (κ1) is 16.5. The molecule has 2 aromatic rings. The molecule has 0 fully saturated rings. The van der Waals surface area contributed by atoms with Gasteiger partial charge in [-0.1, -0.05) is 6.07 Å². The van der Waals surface area contributed by atoms with E-state index >= 15 is 0 Å². The van der Waals surface area contributed by atoms with Crippen LogP contribution in [0.5, 0.6) is 0 Å². The van der Waals surface area contributed by atoms with Gasteiger partial charge >= 0.3 is 0 Å². The number of benzene rings is 1. The van der Waals surface area contributed by atoms with Crippen molar-refractivity contribution < 1.29 is 18.1 Å². The molecule has 0 saturated heterocycles. The molecule has 1 heterocycles. The lowest BCUT2D eigenvalue weighted by molar-refractivity contribution is -0.385. The maximum Gasteiger partial charge on any atom is 0.273 e. The molecule has 0 aliphatic carbocycles. The summed E-state index contributed by atoms with van der Waals surface area (Å²) >= 11 is 0. The Labute approximate surface area is 131 Å². The molecular weight excluding hydrogens is 324 g/mol. The highest BCUT2D eigenvalue weighted by molar-refractivity contribution is 7.89. The summed E-state index contributed by atoms with van der Waals surface area (Å²) in [5.41, 5.74) is 2.17. The van der Waals surface area contributed by atoms with Gasteiger partial charge in [0.2, 0.25) is 0 Å². The molecule has 2 N–H and O–H groups in total. The first-order chi connectivity index (χ1) is 10.8. The maximum absolute atomic E-state index is 12.1. The molecule has 0 aliphatic heterocycles. The number of sulfonamides is 1. The van der Waals surface area contributed by atoms with E-state index in [9.17, 15) is 23.3 Å². The zero-order valence-electron chi connectivity index (χ0n) is 11.9. The molecule has 120 valence electrons. The third-order valence-electron chi connectivity index (χ3n) is 2.91. The Morgan fingerprint density at radius 1 is 1.30 bits per heavy atom. The van der Waals surface area contributed by atoms with Crippen LogP contribution in [0.15, 0.2) is 47.6 Å². The Morgan fingerprint density at radius 3 is 2.65 bits per heavy atom. The van der Waals surface area contributed by atoms with E-state index in [-0.39, 0.29) is 16.1 Å². The minimum absolute atomic E-state index is 0.157. The fourth-order valence-corrected chi connectivity index (χ4v) is 2.55. The van der Waals surface area contributed by atoms with Crippen LogP contribution in [0.3, 0.4) is 0 Å². The molecule has 0 spiro atoms. The number of hydrazine groups is 1. The second kappa shape index (κ2) is 6.50. The van der Waals surface area contributed by atoms with Gasteiger partial charge in [0.25, 0.3) is 21.6 Å². The number of nitro groups is 1. The topological polar surface area (TPSA) is 131 Å². The molecule has 23 heavy (non-hydrogen) atoms. The molecular formula is C13H12N4O5S. The van der Waals surface area contributed by atoms with Crippen molar-refractivity contribution >= 4 is 21.6 Å². The maximum atomic E-state index is 12.1. The number of nitrogens with one attached hydrogen (secondary N) is 2. The normalized spacial score (nSPS) is 11.0. The van der Waals surface area contributed by atoms with Crippen molar-refractivity contribution in [3.8, 4) is 0 Å². The Bertz CT molecular complexity index is 852. The summed E-state index contributed by atoms with van der Waals surface area (Å²) in [6, 6.07) is 6.42. The predicted molar refractivity (Wildman–Crippen MR) is 79.9 cm³/mol. The van der Waals surface area contributed by atoms with Crippen molar-refractivity contribution in [2.75, 3.05) is 0 Å². The quantitative estimate of drug-likeness (QED) is 0.616. The number of nitro benzene ring substituents is 1. The molecule has 10 heteroatoms. The zero-order chi connectivity index (χ0) is 17.0. The van der Waals surface area contributed by atoms with Crippen LogP contribution in [-0.2, 0) is 10.0 Å². The van der Waals surface area contributed by atoms with E-state index < -0.39 is 20.9 Å². The predicted octanol–water partition coefficient (Wildman–Crippen LogP) is 0.922. The van der Waals surface area contributed by atoms with Gasteiger partial charge in [0, 0.05) is 24.0 Å². The number of carbonyl (C=O) groups is 1. The van der Waals surface area contributed by atoms with Gasteiger partial charge in [-0.25, -0.2) is 8.42 Å². The average Bonchev–Trinajstić information content (AvgIpc) is 2.53. The number of amides is 1. The van der Waals surface area contributed by atoms with Crippen molar-refractivity contribution in [3.63, 3.8) is 0 Å². The Morgan fingerprint density at radius 2 is 2.04 bits per heavy atom. The summed E-state index contributed by atoms with van der Waals surface area (Å²) in [6.07, 6.45) is 2.73. The lowest BCUT2D eigenvalue weighted by atomic mass is 10.2. The monoisotopic (exact) mass is 336 g/mol. The third-order valence-corrected chi connectivity index (χ3v) is 4.16. The molecule has 9 nitrogen and oxygen atoms in total. The van der Waals surface area contributed by atoms with Gasteiger partial charge in [0.05, 0.1) is 15.4 Å². The largest absolute Gasteiger partial charge is 0.273 e. The van der Waals surface area contributed by atoms with Gasteiger partial charge in [-0.2, -0.15) is 0 Å². The molecule has 0 bridgehead atoms. The van der Waals surface area contributed by atoms with E-state index in [1.54, 1.807) is 0 Å². The van der Waals surface area contributed by atoms with Crippen LogP contribution in [0.1, 0.15) is 15.9 Å². The van der Waals surface area contributed by atoms with Crippen LogP contribution >= 0.6 is 0 Å². The van der Waals surface area contributed by atoms with Crippen LogP contribution in [0.25, 0.3) is 0 Å². The van der Waals surface area contributed by atoms with Crippen molar-refractivity contribution in [1.82, 2.24) is 15.2 Å².